The van der Waals surface area contributed by atoms with Crippen molar-refractivity contribution in [3.05, 3.63) is 72.1 Å². The molecule has 3 aromatic rings. The number of hydrogen-bond donors (Lipinski definition) is 2. The minimum Gasteiger partial charge on any atom is -0.322 e. The normalized spacial score (nSPS) is 11.1. The molecule has 0 bridgehead atoms. The van der Waals surface area contributed by atoms with Crippen LogP contribution in [0.5, 0.6) is 0 Å². The summed E-state index contributed by atoms with van der Waals surface area (Å²) in [6.07, 6.45) is 4.94. The van der Waals surface area contributed by atoms with Crippen LogP contribution in [0, 0.1) is 0 Å². The van der Waals surface area contributed by atoms with E-state index in [2.05, 4.69) is 26.9 Å². The highest BCUT2D eigenvalue weighted by Gasteiger charge is 2.11. The van der Waals surface area contributed by atoms with Crippen molar-refractivity contribution in [1.29, 1.82) is 0 Å². The predicted molar refractivity (Wildman–Crippen MR) is 110 cm³/mol. The van der Waals surface area contributed by atoms with Crippen molar-refractivity contribution >= 4 is 27.4 Å². The van der Waals surface area contributed by atoms with Crippen molar-refractivity contribution in [2.45, 2.75) is 13.3 Å². The molecule has 0 fully saturated rings. The Morgan fingerprint density at radius 3 is 2.50 bits per heavy atom. The Morgan fingerprint density at radius 2 is 1.89 bits per heavy atom. The number of nitrogens with zero attached hydrogens (tertiary/aromatic N) is 2. The molecule has 0 saturated carbocycles. The summed E-state index contributed by atoms with van der Waals surface area (Å²) in [5.41, 5.74) is 3.90. The first-order chi connectivity index (χ1) is 13.4. The monoisotopic (exact) mass is 396 g/mol. The number of carbonyl (C=O) groups excluding carboxylic acids is 1. The number of sulfonamides is 1. The highest BCUT2D eigenvalue weighted by atomic mass is 32.2. The molecular weight excluding hydrogens is 376 g/mol. The second kappa shape index (κ2) is 8.18. The molecule has 0 radical (unpaired) electrons. The Morgan fingerprint density at radius 1 is 1.07 bits per heavy atom. The number of aryl methyl sites for hydroxylation is 1. The molecule has 0 aliphatic heterocycles. The largest absolute Gasteiger partial charge is 0.322 e. The van der Waals surface area contributed by atoms with Gasteiger partial charge in [-0.1, -0.05) is 19.1 Å². The number of anilines is 2. The number of aromatic nitrogens is 2. The Balaban J connectivity index is 1.81. The van der Waals surface area contributed by atoms with Gasteiger partial charge in [0.05, 0.1) is 17.5 Å². The first-order valence-electron chi connectivity index (χ1n) is 8.65. The number of carbonyl (C=O) groups is 1. The summed E-state index contributed by atoms with van der Waals surface area (Å²) < 4.78 is 24.7. The van der Waals surface area contributed by atoms with Crippen LogP contribution in [0.2, 0.25) is 0 Å². The van der Waals surface area contributed by atoms with Crippen molar-refractivity contribution in [3.8, 4) is 11.3 Å². The zero-order valence-corrected chi connectivity index (χ0v) is 16.3. The Hall–Kier alpha value is -3.26. The van der Waals surface area contributed by atoms with Crippen LogP contribution in [0.15, 0.2) is 60.9 Å². The first-order valence-corrected chi connectivity index (χ1v) is 10.5. The van der Waals surface area contributed by atoms with E-state index in [1.54, 1.807) is 6.20 Å². The highest BCUT2D eigenvalue weighted by molar-refractivity contribution is 7.92. The zero-order chi connectivity index (χ0) is 20.1. The fourth-order valence-corrected chi connectivity index (χ4v) is 3.21. The molecule has 2 aromatic heterocycles. The lowest BCUT2D eigenvalue weighted by Crippen LogP contribution is -2.14. The van der Waals surface area contributed by atoms with E-state index in [9.17, 15) is 13.2 Å². The number of rotatable bonds is 6. The van der Waals surface area contributed by atoms with Gasteiger partial charge in [-0.05, 0) is 48.4 Å². The molecule has 144 valence electrons. The molecule has 0 unspecified atom stereocenters. The van der Waals surface area contributed by atoms with Gasteiger partial charge >= 0.3 is 0 Å². The summed E-state index contributed by atoms with van der Waals surface area (Å²) in [7, 11) is -3.42. The van der Waals surface area contributed by atoms with E-state index in [0.29, 0.717) is 11.3 Å². The molecule has 0 saturated heterocycles. The number of benzene rings is 1. The average Bonchev–Trinajstić information content (AvgIpc) is 2.68. The highest BCUT2D eigenvalue weighted by Crippen LogP contribution is 2.26. The smallest absolute Gasteiger partial charge is 0.257 e. The molecule has 7 nitrogen and oxygen atoms in total. The summed E-state index contributed by atoms with van der Waals surface area (Å²) in [5, 5.41) is 2.84. The third-order valence-electron chi connectivity index (χ3n) is 4.01. The summed E-state index contributed by atoms with van der Waals surface area (Å²) in [5.74, 6) is -0.182. The van der Waals surface area contributed by atoms with E-state index in [0.717, 1.165) is 29.5 Å². The van der Waals surface area contributed by atoms with Gasteiger partial charge in [-0.25, -0.2) is 13.4 Å². The second-order valence-electron chi connectivity index (χ2n) is 6.20. The van der Waals surface area contributed by atoms with E-state index >= 15 is 0 Å². The molecule has 1 aromatic carbocycles. The molecule has 0 spiro atoms. The van der Waals surface area contributed by atoms with Gasteiger partial charge in [0, 0.05) is 23.6 Å². The van der Waals surface area contributed by atoms with E-state index in [1.807, 2.05) is 36.4 Å². The summed E-state index contributed by atoms with van der Waals surface area (Å²) in [4.78, 5) is 20.9. The van der Waals surface area contributed by atoms with E-state index in [-0.39, 0.29) is 11.7 Å². The Bertz CT molecular complexity index is 1080. The van der Waals surface area contributed by atoms with Crippen LogP contribution in [0.1, 0.15) is 22.8 Å². The van der Waals surface area contributed by atoms with Gasteiger partial charge in [-0.15, -0.1) is 0 Å². The minimum absolute atomic E-state index is 0.156. The lowest BCUT2D eigenvalue weighted by atomic mass is 10.0. The van der Waals surface area contributed by atoms with Crippen LogP contribution in [-0.2, 0) is 16.4 Å². The van der Waals surface area contributed by atoms with Gasteiger partial charge in [0.25, 0.3) is 5.91 Å². The van der Waals surface area contributed by atoms with Crippen LogP contribution >= 0.6 is 0 Å². The fourth-order valence-electron chi connectivity index (χ4n) is 2.70. The summed E-state index contributed by atoms with van der Waals surface area (Å²) >= 11 is 0. The molecule has 0 aliphatic carbocycles. The molecule has 3 rings (SSSR count). The van der Waals surface area contributed by atoms with Crippen LogP contribution in [0.4, 0.5) is 11.5 Å². The van der Waals surface area contributed by atoms with Gasteiger partial charge in [0.2, 0.25) is 10.0 Å². The third-order valence-corrected chi connectivity index (χ3v) is 4.59. The predicted octanol–water partition coefficient (Wildman–Crippen LogP) is 3.33. The van der Waals surface area contributed by atoms with Crippen molar-refractivity contribution in [3.63, 3.8) is 0 Å². The lowest BCUT2D eigenvalue weighted by Gasteiger charge is -2.11. The fraction of sp³-hybridized carbons (Fsp3) is 0.150. The number of hydrogen-bond acceptors (Lipinski definition) is 5. The van der Waals surface area contributed by atoms with Gasteiger partial charge in [-0.3, -0.25) is 14.5 Å². The average molecular weight is 396 g/mol. The van der Waals surface area contributed by atoms with E-state index < -0.39 is 10.0 Å². The van der Waals surface area contributed by atoms with Crippen molar-refractivity contribution in [2.75, 3.05) is 16.3 Å². The van der Waals surface area contributed by atoms with Gasteiger partial charge < -0.3 is 5.32 Å². The van der Waals surface area contributed by atoms with Crippen LogP contribution in [-0.4, -0.2) is 30.5 Å². The SMILES string of the molecule is CCc1ccc(NC(=O)c2ccc(NS(C)(=O)=O)nc2)cc1-c1ccccn1. The maximum Gasteiger partial charge on any atom is 0.257 e. The Kier molecular flexibility index (Phi) is 5.70. The second-order valence-corrected chi connectivity index (χ2v) is 7.95. The zero-order valence-electron chi connectivity index (χ0n) is 15.5. The van der Waals surface area contributed by atoms with E-state index in [4.69, 9.17) is 0 Å². The molecule has 1 amide bonds. The van der Waals surface area contributed by atoms with Crippen LogP contribution < -0.4 is 10.0 Å². The molecule has 2 heterocycles. The summed E-state index contributed by atoms with van der Waals surface area (Å²) in [6, 6.07) is 14.4. The number of amides is 1. The minimum atomic E-state index is -3.42. The third kappa shape index (κ3) is 4.92. The summed E-state index contributed by atoms with van der Waals surface area (Å²) in [6.45, 7) is 2.07. The van der Waals surface area contributed by atoms with Crippen LogP contribution in [0.3, 0.4) is 0 Å². The Labute approximate surface area is 163 Å². The maximum absolute atomic E-state index is 12.5. The van der Waals surface area contributed by atoms with Gasteiger partial charge in [-0.2, -0.15) is 0 Å². The van der Waals surface area contributed by atoms with Crippen LogP contribution in [0.25, 0.3) is 11.3 Å². The van der Waals surface area contributed by atoms with Crippen molar-refractivity contribution in [2.24, 2.45) is 0 Å². The molecule has 8 heteroatoms. The number of pyridine rings is 2. The molecule has 0 aliphatic rings. The lowest BCUT2D eigenvalue weighted by molar-refractivity contribution is 0.102. The standard InChI is InChI=1S/C20H20N4O3S/c1-3-14-7-9-16(12-17(14)18-6-4-5-11-21-18)23-20(25)15-8-10-19(22-13-15)24-28(2,26)27/h4-13H,3H2,1-2H3,(H,22,24)(H,23,25). The molecular formula is C20H20N4O3S. The van der Waals surface area contributed by atoms with Gasteiger partial charge in [0.15, 0.2) is 0 Å². The molecule has 28 heavy (non-hydrogen) atoms. The van der Waals surface area contributed by atoms with Crippen molar-refractivity contribution in [1.82, 2.24) is 9.97 Å². The molecule has 0 atom stereocenters. The van der Waals surface area contributed by atoms with Crippen molar-refractivity contribution < 1.29 is 13.2 Å². The maximum atomic E-state index is 12.5. The van der Waals surface area contributed by atoms with E-state index in [1.165, 1.54) is 18.3 Å². The van der Waals surface area contributed by atoms with Gasteiger partial charge in [0.1, 0.15) is 5.82 Å². The first kappa shape index (κ1) is 19.5. The topological polar surface area (TPSA) is 101 Å². The quantitative estimate of drug-likeness (QED) is 0.665. The number of nitrogens with one attached hydrogen (secondary N) is 2. The molecule has 2 N–H and O–H groups in total.